The summed E-state index contributed by atoms with van der Waals surface area (Å²) >= 11 is 0. The lowest BCUT2D eigenvalue weighted by atomic mass is 9.85. The molecule has 0 spiro atoms. The van der Waals surface area contributed by atoms with E-state index < -0.39 is 6.03 Å². The number of nitrogens with zero attached hydrogens (tertiary/aromatic N) is 6. The first-order chi connectivity index (χ1) is 25.5. The van der Waals surface area contributed by atoms with Crippen LogP contribution >= 0.6 is 0 Å². The molecule has 0 radical (unpaired) electrons. The zero-order valence-corrected chi connectivity index (χ0v) is 31.3. The van der Waals surface area contributed by atoms with Crippen molar-refractivity contribution in [2.75, 3.05) is 24.5 Å². The molecule has 3 aliphatic rings. The van der Waals surface area contributed by atoms with E-state index >= 15 is 0 Å². The molecule has 4 aromatic rings. The van der Waals surface area contributed by atoms with Crippen molar-refractivity contribution in [2.24, 2.45) is 16.1 Å². The molecule has 4 heterocycles. The molecule has 2 amide bonds. The monoisotopic (exact) mass is 721 g/mol. The second-order valence-corrected chi connectivity index (χ2v) is 15.7. The van der Waals surface area contributed by atoms with Gasteiger partial charge >= 0.3 is 6.03 Å². The number of rotatable bonds is 8. The number of likely N-dealkylation sites (tertiary alicyclic amines) is 1. The summed E-state index contributed by atoms with van der Waals surface area (Å²) in [5.74, 6) is 1.60. The summed E-state index contributed by atoms with van der Waals surface area (Å²) in [6.07, 6.45) is 10.6. The predicted molar refractivity (Wildman–Crippen MR) is 207 cm³/mol. The van der Waals surface area contributed by atoms with E-state index in [1.54, 1.807) is 18.2 Å². The van der Waals surface area contributed by atoms with Crippen molar-refractivity contribution < 1.29 is 13.9 Å². The van der Waals surface area contributed by atoms with E-state index in [-0.39, 0.29) is 29.2 Å². The van der Waals surface area contributed by atoms with Crippen molar-refractivity contribution in [2.45, 2.75) is 97.4 Å². The van der Waals surface area contributed by atoms with Crippen molar-refractivity contribution >= 4 is 29.1 Å². The number of urea groups is 1. The van der Waals surface area contributed by atoms with E-state index in [0.29, 0.717) is 42.4 Å². The highest BCUT2D eigenvalue weighted by Crippen LogP contribution is 2.39. The van der Waals surface area contributed by atoms with Gasteiger partial charge in [0.15, 0.2) is 5.65 Å². The van der Waals surface area contributed by atoms with Crippen molar-refractivity contribution in [1.29, 1.82) is 0 Å². The van der Waals surface area contributed by atoms with Gasteiger partial charge in [-0.2, -0.15) is 0 Å². The maximum Gasteiger partial charge on any atom is 0.320 e. The van der Waals surface area contributed by atoms with E-state index in [4.69, 9.17) is 15.5 Å². The number of hydrogen-bond donors (Lipinski definition) is 3. The number of aromatic nitrogens is 3. The zero-order chi connectivity index (χ0) is 37.1. The van der Waals surface area contributed by atoms with E-state index in [2.05, 4.69) is 43.6 Å². The minimum Gasteiger partial charge on any atom is -0.484 e. The van der Waals surface area contributed by atoms with E-state index in [1.807, 2.05) is 61.7 Å². The number of anilines is 1. The third kappa shape index (κ3) is 8.48. The fourth-order valence-electron chi connectivity index (χ4n) is 7.55. The largest absolute Gasteiger partial charge is 0.484 e. The second-order valence-electron chi connectivity index (χ2n) is 15.7. The number of piperidine rings is 1. The molecule has 1 aliphatic carbocycles. The van der Waals surface area contributed by atoms with Crippen LogP contribution in [-0.4, -0.2) is 57.0 Å². The Morgan fingerprint density at radius 1 is 1.00 bits per heavy atom. The Labute approximate surface area is 311 Å². The smallest absolute Gasteiger partial charge is 0.320 e. The molecular formula is C41H52FN9O2. The number of pyridine rings is 1. The predicted octanol–water partition coefficient (Wildman–Crippen LogP) is 7.72. The highest BCUT2D eigenvalue weighted by molar-refractivity contribution is 6.05. The minimum absolute atomic E-state index is 0.196. The molecule has 12 heteroatoms. The molecule has 7 rings (SSSR count). The number of halogens is 1. The summed E-state index contributed by atoms with van der Waals surface area (Å²) in [6.45, 7) is 11.6. The Morgan fingerprint density at radius 3 is 2.55 bits per heavy atom. The van der Waals surface area contributed by atoms with Crippen LogP contribution in [0.2, 0.25) is 0 Å². The lowest BCUT2D eigenvalue weighted by Gasteiger charge is -2.33. The first kappa shape index (κ1) is 36.4. The van der Waals surface area contributed by atoms with Gasteiger partial charge in [-0.15, -0.1) is 10.2 Å². The number of benzene rings is 2. The zero-order valence-electron chi connectivity index (χ0n) is 31.3. The normalized spacial score (nSPS) is 21.5. The number of carbonyl (C=O) groups excluding carboxylic acids is 1. The fourth-order valence-corrected chi connectivity index (χ4v) is 7.55. The van der Waals surface area contributed by atoms with E-state index in [9.17, 15) is 9.18 Å². The molecule has 2 aliphatic heterocycles. The Morgan fingerprint density at radius 2 is 1.77 bits per heavy atom. The molecule has 2 saturated heterocycles. The van der Waals surface area contributed by atoms with Crippen LogP contribution in [0.5, 0.6) is 5.75 Å². The van der Waals surface area contributed by atoms with Crippen LogP contribution in [0.4, 0.5) is 20.8 Å². The summed E-state index contributed by atoms with van der Waals surface area (Å²) in [7, 11) is 0. The molecule has 3 atom stereocenters. The number of ether oxygens (including phenoxy) is 1. The van der Waals surface area contributed by atoms with Gasteiger partial charge < -0.3 is 20.7 Å². The summed E-state index contributed by atoms with van der Waals surface area (Å²) in [6, 6.07) is 16.6. The third-order valence-electron chi connectivity index (χ3n) is 10.7. The molecule has 4 N–H and O–H groups in total. The van der Waals surface area contributed by atoms with Crippen molar-refractivity contribution in [1.82, 2.24) is 30.1 Å². The molecule has 0 bridgehead atoms. The number of aliphatic imine (C=N–C) groups is 1. The van der Waals surface area contributed by atoms with Gasteiger partial charge in [-0.25, -0.2) is 14.2 Å². The lowest BCUT2D eigenvalue weighted by molar-refractivity contribution is 0.171. The molecule has 0 saturated carbocycles. The van der Waals surface area contributed by atoms with E-state index in [1.165, 1.54) is 12.5 Å². The first-order valence-corrected chi connectivity index (χ1v) is 19.0. The molecule has 2 fully saturated rings. The molecule has 280 valence electrons. The van der Waals surface area contributed by atoms with E-state index in [0.717, 1.165) is 73.8 Å². The maximum atomic E-state index is 14.8. The van der Waals surface area contributed by atoms with Crippen LogP contribution in [0.1, 0.15) is 101 Å². The number of nitrogens with one attached hydrogen (secondary N) is 2. The van der Waals surface area contributed by atoms with Crippen molar-refractivity contribution in [3.05, 3.63) is 95.1 Å². The van der Waals surface area contributed by atoms with Crippen LogP contribution < -0.4 is 26.0 Å². The standard InChI is InChI=1S/C41H52FN9O2/c1-27-11-7-8-22-50(27)40-48-47-38-19-15-30(26-51(38)40)53-35-18-17-34(31-12-5-6-13-32(31)35)45-39(52)46-37(24-36(43)41(2,3)4)44-29-14-16-33(42)28(23-29)25-49-20-9-10-21-49/h5-6,12-16,19,23-24,26-27,34-35H,7-11,17-18,20-22,25,43H2,1-4H3,(H2,44,45,46,52)/t27-,34?,35?/m0/s1. The summed E-state index contributed by atoms with van der Waals surface area (Å²) in [5, 5.41) is 15.1. The second kappa shape index (κ2) is 15.6. The first-order valence-electron chi connectivity index (χ1n) is 19.0. The van der Waals surface area contributed by atoms with Crippen molar-refractivity contribution in [3.8, 4) is 5.75 Å². The molecule has 2 unspecified atom stereocenters. The fraction of sp³-hybridized carbons (Fsp3) is 0.463. The Balaban J connectivity index is 1.08. The number of amidine groups is 1. The van der Waals surface area contributed by atoms with Gasteiger partial charge in [-0.05, 0) is 106 Å². The number of fused-ring (bicyclic) bond motifs is 2. The molecule has 11 nitrogen and oxygen atoms in total. The van der Waals surface area contributed by atoms with Crippen LogP contribution in [0, 0.1) is 11.2 Å². The van der Waals surface area contributed by atoms with Gasteiger partial charge in [-0.3, -0.25) is 14.6 Å². The van der Waals surface area contributed by atoms with Crippen LogP contribution in [-0.2, 0) is 6.54 Å². The number of hydrogen-bond acceptors (Lipinski definition) is 8. The average Bonchev–Trinajstić information content (AvgIpc) is 3.80. The van der Waals surface area contributed by atoms with Gasteiger partial charge in [0.05, 0.1) is 17.9 Å². The third-order valence-corrected chi connectivity index (χ3v) is 10.7. The maximum absolute atomic E-state index is 14.8. The number of amides is 2. The summed E-state index contributed by atoms with van der Waals surface area (Å²) < 4.78 is 23.5. The summed E-state index contributed by atoms with van der Waals surface area (Å²) in [5.41, 5.74) is 10.6. The Kier molecular flexibility index (Phi) is 10.7. The lowest BCUT2D eigenvalue weighted by Crippen LogP contribution is -2.42. The molecule has 2 aromatic carbocycles. The SMILES string of the molecule is C[C@H]1CCCCN1c1nnc2ccc(OC3CCC(NC(=O)NC(C=C(N)C(C)(C)C)=Nc4ccc(F)c(CN5CCCC5)c4)c4ccccc43)cn12. The Bertz CT molecular complexity index is 1990. The highest BCUT2D eigenvalue weighted by Gasteiger charge is 2.30. The van der Waals surface area contributed by atoms with Gasteiger partial charge in [0.25, 0.3) is 0 Å². The van der Waals surface area contributed by atoms with Gasteiger partial charge in [0.1, 0.15) is 23.5 Å². The van der Waals surface area contributed by atoms with Gasteiger partial charge in [-0.1, -0.05) is 45.0 Å². The van der Waals surface area contributed by atoms with Crippen LogP contribution in [0.3, 0.4) is 0 Å². The number of allylic oxidation sites excluding steroid dienone is 1. The number of nitrogens with two attached hydrogens (primary N) is 1. The van der Waals surface area contributed by atoms with Gasteiger partial charge in [0.2, 0.25) is 5.95 Å². The van der Waals surface area contributed by atoms with Crippen LogP contribution in [0.25, 0.3) is 5.65 Å². The van der Waals surface area contributed by atoms with Crippen molar-refractivity contribution in [3.63, 3.8) is 0 Å². The molecule has 2 aromatic heterocycles. The minimum atomic E-state index is -0.405. The van der Waals surface area contributed by atoms with Gasteiger partial charge in [0, 0.05) is 41.9 Å². The highest BCUT2D eigenvalue weighted by atomic mass is 19.1. The average molecular weight is 722 g/mol. The molecule has 53 heavy (non-hydrogen) atoms. The molecular weight excluding hydrogens is 670 g/mol. The van der Waals surface area contributed by atoms with Crippen LogP contribution in [0.15, 0.2) is 77.6 Å². The summed E-state index contributed by atoms with van der Waals surface area (Å²) in [4.78, 5) is 23.0. The topological polar surface area (TPSA) is 125 Å². The quantitative estimate of drug-likeness (QED) is 0.126. The Hall–Kier alpha value is -4.97. The number of carbonyl (C=O) groups is 1.